The Bertz CT molecular complexity index is 652. The standard InChI is InChI=1S/C17H21N3O2S2/c1-18(2)14-5-3-13(4-6-14)11-15-16(21)20(17(23)24-15)12-19-7-9-22-10-8-19/h3-6,11H,7-10,12H2,1-2H3. The molecule has 0 N–H and O–H groups in total. The summed E-state index contributed by atoms with van der Waals surface area (Å²) in [5.41, 5.74) is 2.14. The number of amides is 1. The van der Waals surface area contributed by atoms with E-state index in [1.807, 2.05) is 49.3 Å². The number of morpholine rings is 1. The molecule has 2 saturated heterocycles. The van der Waals surface area contributed by atoms with Crippen molar-refractivity contribution in [3.8, 4) is 0 Å². The van der Waals surface area contributed by atoms with Crippen LogP contribution in [-0.4, -0.2) is 67.1 Å². The van der Waals surface area contributed by atoms with Crippen molar-refractivity contribution in [1.82, 2.24) is 9.80 Å². The van der Waals surface area contributed by atoms with Gasteiger partial charge in [-0.15, -0.1) is 0 Å². The maximum atomic E-state index is 12.7. The van der Waals surface area contributed by atoms with Crippen LogP contribution in [0.1, 0.15) is 5.56 Å². The quantitative estimate of drug-likeness (QED) is 0.603. The summed E-state index contributed by atoms with van der Waals surface area (Å²) in [6.45, 7) is 3.64. The van der Waals surface area contributed by atoms with Crippen LogP contribution < -0.4 is 4.90 Å². The first-order valence-corrected chi connectivity index (χ1v) is 9.10. The predicted molar refractivity (Wildman–Crippen MR) is 103 cm³/mol. The van der Waals surface area contributed by atoms with Gasteiger partial charge in [0.15, 0.2) is 0 Å². The highest BCUT2D eigenvalue weighted by Crippen LogP contribution is 2.32. The van der Waals surface area contributed by atoms with Gasteiger partial charge in [-0.05, 0) is 23.8 Å². The smallest absolute Gasteiger partial charge is 0.267 e. The highest BCUT2D eigenvalue weighted by Gasteiger charge is 2.33. The zero-order chi connectivity index (χ0) is 17.1. The summed E-state index contributed by atoms with van der Waals surface area (Å²) in [6.07, 6.45) is 1.91. The molecule has 1 aromatic rings. The minimum Gasteiger partial charge on any atom is -0.379 e. The summed E-state index contributed by atoms with van der Waals surface area (Å²) >= 11 is 6.77. The van der Waals surface area contributed by atoms with Crippen molar-refractivity contribution in [2.45, 2.75) is 0 Å². The summed E-state index contributed by atoms with van der Waals surface area (Å²) in [5.74, 6) is -0.00632. The third kappa shape index (κ3) is 3.97. The van der Waals surface area contributed by atoms with Gasteiger partial charge >= 0.3 is 0 Å². The molecule has 0 bridgehead atoms. The van der Waals surface area contributed by atoms with Crippen molar-refractivity contribution in [1.29, 1.82) is 0 Å². The fourth-order valence-electron chi connectivity index (χ4n) is 2.58. The summed E-state index contributed by atoms with van der Waals surface area (Å²) in [4.78, 5) is 19.3. The molecule has 2 aliphatic rings. The number of carbonyl (C=O) groups excluding carboxylic acids is 1. The molecule has 2 heterocycles. The van der Waals surface area contributed by atoms with Gasteiger partial charge < -0.3 is 9.64 Å². The molecule has 0 aromatic heterocycles. The first-order valence-electron chi connectivity index (χ1n) is 7.87. The zero-order valence-electron chi connectivity index (χ0n) is 13.9. The Morgan fingerprint density at radius 1 is 1.25 bits per heavy atom. The largest absolute Gasteiger partial charge is 0.379 e. The maximum absolute atomic E-state index is 12.7. The Morgan fingerprint density at radius 2 is 1.92 bits per heavy atom. The Hall–Kier alpha value is -1.41. The van der Waals surface area contributed by atoms with Crippen molar-refractivity contribution in [2.75, 3.05) is 52.0 Å². The number of carbonyl (C=O) groups is 1. The third-order valence-corrected chi connectivity index (χ3v) is 5.40. The van der Waals surface area contributed by atoms with Crippen LogP contribution in [0.15, 0.2) is 29.2 Å². The monoisotopic (exact) mass is 363 g/mol. The van der Waals surface area contributed by atoms with Crippen molar-refractivity contribution in [3.63, 3.8) is 0 Å². The fraction of sp³-hybridized carbons (Fsp3) is 0.412. The second kappa shape index (κ2) is 7.65. The van der Waals surface area contributed by atoms with E-state index in [-0.39, 0.29) is 5.91 Å². The highest BCUT2D eigenvalue weighted by atomic mass is 32.2. The summed E-state index contributed by atoms with van der Waals surface area (Å²) in [6, 6.07) is 8.12. The SMILES string of the molecule is CN(C)c1ccc(C=C2SC(=S)N(CN3CCOCC3)C2=O)cc1. The molecule has 0 atom stereocenters. The number of thiocarbonyl (C=S) groups is 1. The molecule has 0 aliphatic carbocycles. The van der Waals surface area contributed by atoms with E-state index in [1.165, 1.54) is 11.8 Å². The lowest BCUT2D eigenvalue weighted by molar-refractivity contribution is -0.124. The molecule has 3 rings (SSSR count). The number of anilines is 1. The van der Waals surface area contributed by atoms with E-state index in [2.05, 4.69) is 4.90 Å². The molecular formula is C17H21N3O2S2. The van der Waals surface area contributed by atoms with Crippen molar-refractivity contribution in [2.24, 2.45) is 0 Å². The van der Waals surface area contributed by atoms with Gasteiger partial charge in [-0.3, -0.25) is 14.6 Å². The van der Waals surface area contributed by atoms with Crippen LogP contribution in [0.5, 0.6) is 0 Å². The van der Waals surface area contributed by atoms with Gasteiger partial charge in [0, 0.05) is 32.9 Å². The Balaban J connectivity index is 1.70. The molecule has 1 aromatic carbocycles. The molecule has 0 radical (unpaired) electrons. The molecule has 2 aliphatic heterocycles. The maximum Gasteiger partial charge on any atom is 0.267 e. The number of nitrogens with zero attached hydrogens (tertiary/aromatic N) is 3. The number of hydrogen-bond acceptors (Lipinski definition) is 6. The van der Waals surface area contributed by atoms with Gasteiger partial charge in [-0.1, -0.05) is 36.1 Å². The molecule has 0 spiro atoms. The summed E-state index contributed by atoms with van der Waals surface area (Å²) < 4.78 is 5.97. The van der Waals surface area contributed by atoms with Gasteiger partial charge in [0.25, 0.3) is 5.91 Å². The van der Waals surface area contributed by atoms with Crippen LogP contribution in [-0.2, 0) is 9.53 Å². The molecule has 128 valence electrons. The molecule has 0 saturated carbocycles. The molecule has 2 fully saturated rings. The van der Waals surface area contributed by atoms with E-state index >= 15 is 0 Å². The highest BCUT2D eigenvalue weighted by molar-refractivity contribution is 8.26. The van der Waals surface area contributed by atoms with Gasteiger partial charge in [0.2, 0.25) is 0 Å². The zero-order valence-corrected chi connectivity index (χ0v) is 15.5. The van der Waals surface area contributed by atoms with Crippen molar-refractivity contribution < 1.29 is 9.53 Å². The van der Waals surface area contributed by atoms with Gasteiger partial charge in [-0.25, -0.2) is 0 Å². The number of ether oxygens (including phenoxy) is 1. The second-order valence-corrected chi connectivity index (χ2v) is 7.64. The predicted octanol–water partition coefficient (Wildman–Crippen LogP) is 2.24. The first kappa shape index (κ1) is 17.4. The number of hydrogen-bond donors (Lipinski definition) is 0. The normalized spacial score (nSPS) is 20.9. The van der Waals surface area contributed by atoms with E-state index in [1.54, 1.807) is 4.90 Å². The first-order chi connectivity index (χ1) is 11.5. The minimum atomic E-state index is -0.00632. The van der Waals surface area contributed by atoms with Crippen LogP contribution in [0, 0.1) is 0 Å². The van der Waals surface area contributed by atoms with E-state index in [0.717, 1.165) is 24.3 Å². The Labute approximate surface area is 152 Å². The lowest BCUT2D eigenvalue weighted by Crippen LogP contribution is -2.45. The van der Waals surface area contributed by atoms with Crippen LogP contribution in [0.3, 0.4) is 0 Å². The lowest BCUT2D eigenvalue weighted by atomic mass is 10.2. The van der Waals surface area contributed by atoms with Gasteiger partial charge in [0.05, 0.1) is 24.8 Å². The van der Waals surface area contributed by atoms with Crippen LogP contribution in [0.2, 0.25) is 0 Å². The van der Waals surface area contributed by atoms with Crippen LogP contribution >= 0.6 is 24.0 Å². The molecule has 0 unspecified atom stereocenters. The number of thioether (sulfide) groups is 1. The van der Waals surface area contributed by atoms with Gasteiger partial charge in [0.1, 0.15) is 4.32 Å². The van der Waals surface area contributed by atoms with E-state index in [9.17, 15) is 4.79 Å². The Kier molecular flexibility index (Phi) is 5.55. The van der Waals surface area contributed by atoms with E-state index in [0.29, 0.717) is 29.1 Å². The second-order valence-electron chi connectivity index (χ2n) is 5.97. The summed E-state index contributed by atoms with van der Waals surface area (Å²) in [5, 5.41) is 0. The van der Waals surface area contributed by atoms with Crippen molar-refractivity contribution >= 4 is 46.0 Å². The third-order valence-electron chi connectivity index (χ3n) is 4.03. The van der Waals surface area contributed by atoms with Gasteiger partial charge in [-0.2, -0.15) is 0 Å². The van der Waals surface area contributed by atoms with Crippen LogP contribution in [0.4, 0.5) is 5.69 Å². The number of benzene rings is 1. The molecule has 1 amide bonds. The molecule has 7 heteroatoms. The minimum absolute atomic E-state index is 0.00632. The van der Waals surface area contributed by atoms with Crippen LogP contribution in [0.25, 0.3) is 6.08 Å². The Morgan fingerprint density at radius 3 is 2.54 bits per heavy atom. The summed E-state index contributed by atoms with van der Waals surface area (Å²) in [7, 11) is 4.01. The van der Waals surface area contributed by atoms with E-state index < -0.39 is 0 Å². The topological polar surface area (TPSA) is 36.0 Å². The molecule has 5 nitrogen and oxygen atoms in total. The molecule has 24 heavy (non-hydrogen) atoms. The number of rotatable bonds is 4. The molecular weight excluding hydrogens is 342 g/mol. The lowest BCUT2D eigenvalue weighted by Gasteiger charge is -2.29. The van der Waals surface area contributed by atoms with E-state index in [4.69, 9.17) is 17.0 Å². The average molecular weight is 364 g/mol. The van der Waals surface area contributed by atoms with Crippen molar-refractivity contribution in [3.05, 3.63) is 34.7 Å². The average Bonchev–Trinajstić information content (AvgIpc) is 2.84. The fourth-order valence-corrected chi connectivity index (χ4v) is 3.83.